The number of nitrogens with one attached hydrogen (secondary N) is 1. The van der Waals surface area contributed by atoms with Crippen molar-refractivity contribution in [3.8, 4) is 0 Å². The number of esters is 1. The van der Waals surface area contributed by atoms with Crippen LogP contribution in [0.25, 0.3) is 0 Å². The maximum atomic E-state index is 13.0. The number of unbranched alkanes of at least 4 members (excludes halogenated alkanes) is 37. The second-order valence-electron chi connectivity index (χ2n) is 22.8. The van der Waals surface area contributed by atoms with Crippen LogP contribution in [0.3, 0.4) is 0 Å². The molecular weight excluding hydrogens is 979 g/mol. The second-order valence-corrected chi connectivity index (χ2v) is 22.8. The average Bonchev–Trinajstić information content (AvgIpc) is 3.44. The molecular formula is C67H123NO10. The largest absolute Gasteiger partial charge is 0.466 e. The molecule has 78 heavy (non-hydrogen) atoms. The summed E-state index contributed by atoms with van der Waals surface area (Å²) in [6.07, 6.45) is 62.4. The van der Waals surface area contributed by atoms with E-state index >= 15 is 0 Å². The smallest absolute Gasteiger partial charge is 0.305 e. The summed E-state index contributed by atoms with van der Waals surface area (Å²) >= 11 is 0. The molecule has 0 aromatic carbocycles. The van der Waals surface area contributed by atoms with Crippen molar-refractivity contribution >= 4 is 11.9 Å². The van der Waals surface area contributed by atoms with Crippen LogP contribution in [0.5, 0.6) is 0 Å². The van der Waals surface area contributed by atoms with Gasteiger partial charge >= 0.3 is 5.97 Å². The van der Waals surface area contributed by atoms with E-state index in [0.717, 1.165) is 77.0 Å². The van der Waals surface area contributed by atoms with Crippen molar-refractivity contribution in [3.05, 3.63) is 48.6 Å². The fraction of sp³-hybridized carbons (Fsp3) is 0.851. The lowest BCUT2D eigenvalue weighted by atomic mass is 9.99. The quantitative estimate of drug-likeness (QED) is 0.0195. The lowest BCUT2D eigenvalue weighted by molar-refractivity contribution is -0.302. The molecule has 1 saturated heterocycles. The zero-order valence-corrected chi connectivity index (χ0v) is 50.4. The lowest BCUT2D eigenvalue weighted by Crippen LogP contribution is -2.60. The van der Waals surface area contributed by atoms with Crippen LogP contribution >= 0.6 is 0 Å². The van der Waals surface area contributed by atoms with Gasteiger partial charge in [0.2, 0.25) is 5.91 Å². The molecule has 1 heterocycles. The van der Waals surface area contributed by atoms with E-state index < -0.39 is 49.5 Å². The number of ether oxygens (including phenoxy) is 3. The molecule has 6 N–H and O–H groups in total. The van der Waals surface area contributed by atoms with Crippen LogP contribution in [-0.4, -0.2) is 100 Å². The van der Waals surface area contributed by atoms with E-state index in [4.69, 9.17) is 14.2 Å². The first-order valence-electron chi connectivity index (χ1n) is 32.9. The number of amides is 1. The second kappa shape index (κ2) is 56.5. The normalized spacial score (nSPS) is 18.8. The van der Waals surface area contributed by atoms with Gasteiger partial charge in [-0.05, 0) is 96.3 Å². The van der Waals surface area contributed by atoms with E-state index in [1.807, 2.05) is 6.08 Å². The third-order valence-corrected chi connectivity index (χ3v) is 15.4. The topological polar surface area (TPSA) is 175 Å². The summed E-state index contributed by atoms with van der Waals surface area (Å²) in [5, 5.41) is 54.2. The zero-order chi connectivity index (χ0) is 56.6. The molecule has 0 aromatic rings. The Labute approximate surface area is 478 Å². The number of aliphatic hydroxyl groups excluding tert-OH is 5. The van der Waals surface area contributed by atoms with E-state index in [0.29, 0.717) is 19.4 Å². The Bertz CT molecular complexity index is 1430. The van der Waals surface area contributed by atoms with Crippen LogP contribution in [0.15, 0.2) is 48.6 Å². The van der Waals surface area contributed by atoms with Gasteiger partial charge in [-0.2, -0.15) is 0 Å². The van der Waals surface area contributed by atoms with E-state index in [1.54, 1.807) is 6.08 Å². The van der Waals surface area contributed by atoms with E-state index in [2.05, 4.69) is 55.6 Å². The molecule has 11 nitrogen and oxygen atoms in total. The Balaban J connectivity index is 1.96. The van der Waals surface area contributed by atoms with Gasteiger partial charge in [0.15, 0.2) is 6.29 Å². The number of aliphatic hydroxyl groups is 5. The molecule has 0 aliphatic carbocycles. The highest BCUT2D eigenvalue weighted by Gasteiger charge is 2.44. The van der Waals surface area contributed by atoms with Crippen LogP contribution in [0.1, 0.15) is 303 Å². The first-order chi connectivity index (χ1) is 38.2. The number of allylic oxidation sites excluding steroid dienone is 7. The molecule has 1 amide bonds. The number of hydrogen-bond donors (Lipinski definition) is 6. The van der Waals surface area contributed by atoms with Gasteiger partial charge in [0.05, 0.1) is 32.0 Å². The molecule has 1 rings (SSSR count). The van der Waals surface area contributed by atoms with Gasteiger partial charge in [-0.15, -0.1) is 0 Å². The molecule has 1 aliphatic rings. The van der Waals surface area contributed by atoms with Crippen LogP contribution in [0.4, 0.5) is 0 Å². The van der Waals surface area contributed by atoms with Crippen molar-refractivity contribution in [2.24, 2.45) is 0 Å². The minimum Gasteiger partial charge on any atom is -0.466 e. The molecule has 7 atom stereocenters. The van der Waals surface area contributed by atoms with Crippen LogP contribution in [-0.2, 0) is 23.8 Å². The minimum atomic E-state index is -1.58. The molecule has 7 unspecified atom stereocenters. The Kier molecular flexibility index (Phi) is 53.3. The van der Waals surface area contributed by atoms with E-state index in [1.165, 1.54) is 199 Å². The van der Waals surface area contributed by atoms with Crippen molar-refractivity contribution in [2.45, 2.75) is 346 Å². The Morgan fingerprint density at radius 2 is 0.833 bits per heavy atom. The highest BCUT2D eigenvalue weighted by Crippen LogP contribution is 2.23. The molecule has 0 radical (unpaired) electrons. The predicted octanol–water partition coefficient (Wildman–Crippen LogP) is 16.0. The standard InChI is InChI=1S/C67H123NO10/c1-3-5-7-9-11-13-14-15-16-17-22-26-29-32-35-39-43-47-51-55-63(72)76-56-52-48-44-40-36-33-30-27-24-21-19-18-20-23-25-28-31-34-38-42-46-50-54-62(71)68-59(60(70)53-49-45-41-37-12-10-8-6-4-2)58-77-67-66(75)65(74)64(73)61(57-69)78-67/h12,15-16,20,23,37,49,53,59-61,64-67,69-70,73-75H,3-11,13-14,17-19,21-22,24-36,38-48,50-52,54-58H2,1-2H3,(H,68,71)/b16-15-,23-20-,37-12+,53-49+. The van der Waals surface area contributed by atoms with Crippen LogP contribution in [0, 0.1) is 0 Å². The van der Waals surface area contributed by atoms with Gasteiger partial charge in [0, 0.05) is 12.8 Å². The van der Waals surface area contributed by atoms with Crippen molar-refractivity contribution in [1.82, 2.24) is 5.32 Å². The lowest BCUT2D eigenvalue weighted by Gasteiger charge is -2.40. The molecule has 456 valence electrons. The highest BCUT2D eigenvalue weighted by atomic mass is 16.7. The van der Waals surface area contributed by atoms with Crippen molar-refractivity contribution in [2.75, 3.05) is 19.8 Å². The summed E-state index contributed by atoms with van der Waals surface area (Å²) in [6.45, 7) is 4.27. The van der Waals surface area contributed by atoms with Crippen LogP contribution in [0.2, 0.25) is 0 Å². The summed E-state index contributed by atoms with van der Waals surface area (Å²) in [5.74, 6) is -0.205. The van der Waals surface area contributed by atoms with Gasteiger partial charge < -0.3 is 45.1 Å². The summed E-state index contributed by atoms with van der Waals surface area (Å²) in [5.41, 5.74) is 0. The molecule has 0 aromatic heterocycles. The number of hydrogen-bond acceptors (Lipinski definition) is 10. The molecule has 0 saturated carbocycles. The number of rotatable bonds is 57. The maximum absolute atomic E-state index is 13.0. The Morgan fingerprint density at radius 3 is 1.29 bits per heavy atom. The highest BCUT2D eigenvalue weighted by molar-refractivity contribution is 5.76. The number of carbonyl (C=O) groups excluding carboxylic acids is 2. The molecule has 0 bridgehead atoms. The fourth-order valence-corrected chi connectivity index (χ4v) is 10.1. The van der Waals surface area contributed by atoms with Crippen molar-refractivity contribution in [3.63, 3.8) is 0 Å². The fourth-order valence-electron chi connectivity index (χ4n) is 10.1. The molecule has 11 heteroatoms. The molecule has 1 fully saturated rings. The predicted molar refractivity (Wildman–Crippen MR) is 324 cm³/mol. The summed E-state index contributed by atoms with van der Waals surface area (Å²) in [4.78, 5) is 25.1. The maximum Gasteiger partial charge on any atom is 0.305 e. The van der Waals surface area contributed by atoms with Gasteiger partial charge in [0.1, 0.15) is 24.4 Å². The Morgan fingerprint density at radius 1 is 0.462 bits per heavy atom. The molecule has 0 spiro atoms. The van der Waals surface area contributed by atoms with E-state index in [9.17, 15) is 35.1 Å². The zero-order valence-electron chi connectivity index (χ0n) is 50.4. The monoisotopic (exact) mass is 1100 g/mol. The van der Waals surface area contributed by atoms with E-state index in [-0.39, 0.29) is 18.5 Å². The first-order valence-corrected chi connectivity index (χ1v) is 32.9. The van der Waals surface area contributed by atoms with Crippen LogP contribution < -0.4 is 5.32 Å². The minimum absolute atomic E-state index is 0.00363. The summed E-state index contributed by atoms with van der Waals surface area (Å²) in [7, 11) is 0. The third-order valence-electron chi connectivity index (χ3n) is 15.4. The van der Waals surface area contributed by atoms with Gasteiger partial charge in [-0.25, -0.2) is 0 Å². The summed E-state index contributed by atoms with van der Waals surface area (Å²) < 4.78 is 16.7. The van der Waals surface area contributed by atoms with Gasteiger partial charge in [-0.1, -0.05) is 242 Å². The van der Waals surface area contributed by atoms with Gasteiger partial charge in [-0.3, -0.25) is 9.59 Å². The molecule has 1 aliphatic heterocycles. The summed E-state index contributed by atoms with van der Waals surface area (Å²) in [6, 6.07) is -0.832. The van der Waals surface area contributed by atoms with Gasteiger partial charge in [0.25, 0.3) is 0 Å². The third kappa shape index (κ3) is 45.3. The Hall–Kier alpha value is -2.38. The number of carbonyl (C=O) groups is 2. The first kappa shape index (κ1) is 73.6. The van der Waals surface area contributed by atoms with Crippen molar-refractivity contribution < 1.29 is 49.3 Å². The average molecular weight is 1100 g/mol. The van der Waals surface area contributed by atoms with Crippen molar-refractivity contribution in [1.29, 1.82) is 0 Å². The SMILES string of the molecule is CCCCC/C=C/CC/C=C/C(O)C(COC1OC(CO)C(O)C(O)C1O)NC(=O)CCCCCCCCC/C=C\CCCCCCCCCCCCCOC(=O)CCCCCCCCCCC/C=C\CCCCCCCC.